The third-order valence-electron chi connectivity index (χ3n) is 7.87. The highest BCUT2D eigenvalue weighted by Crippen LogP contribution is 2.36. The second-order valence-electron chi connectivity index (χ2n) is 14.6. The molecule has 0 unspecified atom stereocenters. The summed E-state index contributed by atoms with van der Waals surface area (Å²) >= 11 is 0. The fourth-order valence-electron chi connectivity index (χ4n) is 5.50. The molecule has 11 nitrogen and oxygen atoms in total. The lowest BCUT2D eigenvalue weighted by atomic mass is 9.88. The lowest BCUT2D eigenvalue weighted by Gasteiger charge is -2.27. The predicted molar refractivity (Wildman–Crippen MR) is 199 cm³/mol. The van der Waals surface area contributed by atoms with Crippen LogP contribution in [0.25, 0.3) is 22.0 Å². The van der Waals surface area contributed by atoms with Gasteiger partial charge in [0.05, 0.1) is 17.4 Å². The molecule has 0 aliphatic carbocycles. The molecule has 2 amide bonds. The maximum Gasteiger partial charge on any atom is 0.435 e. The van der Waals surface area contributed by atoms with Crippen LogP contribution in [0.4, 0.5) is 14.0 Å². The Kier molecular flexibility index (Phi) is 12.8. The number of aromatic nitrogens is 3. The lowest BCUT2D eigenvalue weighted by molar-refractivity contribution is -0.128. The zero-order valence-corrected chi connectivity index (χ0v) is 31.7. The summed E-state index contributed by atoms with van der Waals surface area (Å²) in [5, 5.41) is 4.04. The summed E-state index contributed by atoms with van der Waals surface area (Å²) in [5.41, 5.74) is 3.17. The summed E-state index contributed by atoms with van der Waals surface area (Å²) < 4.78 is 33.3. The number of halogens is 1. The van der Waals surface area contributed by atoms with Gasteiger partial charge in [-0.05, 0) is 94.9 Å². The van der Waals surface area contributed by atoms with Gasteiger partial charge in [-0.15, -0.1) is 5.10 Å². The van der Waals surface area contributed by atoms with Crippen molar-refractivity contribution in [3.63, 3.8) is 0 Å². The molecular weight excluding hydrogens is 665 g/mol. The van der Waals surface area contributed by atoms with Gasteiger partial charge in [0, 0.05) is 44.9 Å². The van der Waals surface area contributed by atoms with Crippen LogP contribution in [0.3, 0.4) is 0 Å². The molecule has 0 bridgehead atoms. The first-order chi connectivity index (χ1) is 24.5. The number of allylic oxidation sites excluding steroid dienone is 1. The molecule has 0 saturated carbocycles. The van der Waals surface area contributed by atoms with E-state index in [4.69, 9.17) is 14.2 Å². The maximum atomic E-state index is 15.3. The van der Waals surface area contributed by atoms with Crippen LogP contribution in [0.5, 0.6) is 5.88 Å². The summed E-state index contributed by atoms with van der Waals surface area (Å²) in [7, 11) is 3.40. The van der Waals surface area contributed by atoms with Crippen molar-refractivity contribution in [2.75, 3.05) is 33.8 Å². The molecule has 4 rings (SSSR count). The van der Waals surface area contributed by atoms with Crippen LogP contribution in [0.2, 0.25) is 0 Å². The van der Waals surface area contributed by atoms with Crippen molar-refractivity contribution in [2.45, 2.75) is 78.9 Å². The van der Waals surface area contributed by atoms with Gasteiger partial charge in [0.25, 0.3) is 0 Å². The Morgan fingerprint density at radius 2 is 1.52 bits per heavy atom. The summed E-state index contributed by atoms with van der Waals surface area (Å²) in [6, 6.07) is 18.8. The SMILES string of the molecule is CC/C(=C(/c1ccc(OCCN(CCCC(=O)N(C)C)C(=O)OC(C)(C)C)nc1)c1ccc2c(c1)c(F)nn2C(=O)OC(C)(C)C)c1ccccc1. The first-order valence-corrected chi connectivity index (χ1v) is 17.4. The molecule has 0 aliphatic rings. The fraction of sp³-hybridized carbons (Fsp3) is 0.425. The number of nitrogens with zero attached hydrogens (tertiary/aromatic N) is 5. The van der Waals surface area contributed by atoms with Gasteiger partial charge in [-0.3, -0.25) is 4.79 Å². The quantitative estimate of drug-likeness (QED) is 0.135. The monoisotopic (exact) mass is 715 g/mol. The van der Waals surface area contributed by atoms with E-state index in [0.717, 1.165) is 27.0 Å². The van der Waals surface area contributed by atoms with Crippen LogP contribution in [0, 0.1) is 5.95 Å². The minimum Gasteiger partial charge on any atom is -0.476 e. The van der Waals surface area contributed by atoms with E-state index in [2.05, 4.69) is 17.0 Å². The number of amides is 2. The van der Waals surface area contributed by atoms with Gasteiger partial charge in [-0.1, -0.05) is 43.3 Å². The molecule has 0 radical (unpaired) electrons. The Morgan fingerprint density at radius 1 is 0.846 bits per heavy atom. The molecule has 278 valence electrons. The zero-order chi connectivity index (χ0) is 38.2. The number of hydrogen-bond donors (Lipinski definition) is 0. The molecule has 2 aromatic carbocycles. The third-order valence-corrected chi connectivity index (χ3v) is 7.87. The summed E-state index contributed by atoms with van der Waals surface area (Å²) in [5.74, 6) is -0.447. The van der Waals surface area contributed by atoms with Crippen LogP contribution >= 0.6 is 0 Å². The smallest absolute Gasteiger partial charge is 0.435 e. The van der Waals surface area contributed by atoms with Gasteiger partial charge in [0.15, 0.2) is 0 Å². The molecule has 0 saturated heterocycles. The van der Waals surface area contributed by atoms with Crippen molar-refractivity contribution >= 4 is 40.1 Å². The largest absolute Gasteiger partial charge is 0.476 e. The van der Waals surface area contributed by atoms with Gasteiger partial charge < -0.3 is 24.0 Å². The Hall–Kier alpha value is -5.26. The highest BCUT2D eigenvalue weighted by atomic mass is 19.1. The molecule has 12 heteroatoms. The summed E-state index contributed by atoms with van der Waals surface area (Å²) in [4.78, 5) is 45.5. The Bertz CT molecular complexity index is 1890. The number of hydrogen-bond acceptors (Lipinski definition) is 8. The van der Waals surface area contributed by atoms with E-state index in [0.29, 0.717) is 42.8 Å². The average molecular weight is 716 g/mol. The molecule has 0 N–H and O–H groups in total. The van der Waals surface area contributed by atoms with Gasteiger partial charge >= 0.3 is 12.2 Å². The van der Waals surface area contributed by atoms with Crippen LogP contribution in [0.1, 0.15) is 84.4 Å². The van der Waals surface area contributed by atoms with E-state index >= 15 is 4.39 Å². The fourth-order valence-corrected chi connectivity index (χ4v) is 5.50. The molecule has 0 atom stereocenters. The number of benzene rings is 2. The highest BCUT2D eigenvalue weighted by Gasteiger charge is 2.25. The molecule has 2 heterocycles. The standard InChI is InChI=1S/C40H50FN5O6/c1-10-30(27-15-12-11-13-16-27)35(28-18-20-32-31(25-28)36(41)43-46(32)38(49)52-40(5,6)7)29-19-21-33(42-26-29)50-24-23-45(37(48)51-39(2,3)4)22-14-17-34(47)44(8)9/h11-13,15-16,18-21,25-26H,10,14,17,22-24H2,1-9H3/b35-30-. The first-order valence-electron chi connectivity index (χ1n) is 17.4. The molecule has 0 fully saturated rings. The van der Waals surface area contributed by atoms with Crippen LogP contribution < -0.4 is 4.74 Å². The summed E-state index contributed by atoms with van der Waals surface area (Å²) in [6.45, 7) is 13.4. The van der Waals surface area contributed by atoms with Crippen LogP contribution in [-0.2, 0) is 14.3 Å². The van der Waals surface area contributed by atoms with Gasteiger partial charge in [-0.2, -0.15) is 9.07 Å². The van der Waals surface area contributed by atoms with Gasteiger partial charge in [-0.25, -0.2) is 14.6 Å². The van der Waals surface area contributed by atoms with E-state index in [1.165, 1.54) is 9.80 Å². The maximum absolute atomic E-state index is 15.3. The van der Waals surface area contributed by atoms with Gasteiger partial charge in [0.2, 0.25) is 17.7 Å². The van der Waals surface area contributed by atoms with Crippen molar-refractivity contribution in [1.29, 1.82) is 0 Å². The number of ether oxygens (including phenoxy) is 3. The van der Waals surface area contributed by atoms with Gasteiger partial charge in [0.1, 0.15) is 17.8 Å². The topological polar surface area (TPSA) is 116 Å². The Labute approximate surface area is 305 Å². The number of pyridine rings is 1. The normalized spacial score (nSPS) is 12.3. The van der Waals surface area contributed by atoms with Crippen molar-refractivity contribution in [1.82, 2.24) is 24.6 Å². The van der Waals surface area contributed by atoms with E-state index in [1.807, 2.05) is 42.5 Å². The molecule has 0 spiro atoms. The Morgan fingerprint density at radius 3 is 2.12 bits per heavy atom. The molecule has 0 aliphatic heterocycles. The first kappa shape index (κ1) is 39.5. The van der Waals surface area contributed by atoms with Crippen LogP contribution in [0.15, 0.2) is 66.9 Å². The predicted octanol–water partition coefficient (Wildman–Crippen LogP) is 8.21. The van der Waals surface area contributed by atoms with E-state index in [1.54, 1.807) is 80.0 Å². The molecule has 52 heavy (non-hydrogen) atoms. The zero-order valence-electron chi connectivity index (χ0n) is 31.7. The Balaban J connectivity index is 1.61. The number of rotatable bonds is 12. The summed E-state index contributed by atoms with van der Waals surface area (Å²) in [6.07, 6.45) is 1.90. The van der Waals surface area contributed by atoms with E-state index in [9.17, 15) is 14.4 Å². The number of carbonyl (C=O) groups is 3. The van der Waals surface area contributed by atoms with Crippen molar-refractivity contribution in [3.05, 3.63) is 89.5 Å². The number of fused-ring (bicyclic) bond motifs is 1. The van der Waals surface area contributed by atoms with Crippen molar-refractivity contribution < 1.29 is 33.0 Å². The third kappa shape index (κ3) is 10.6. The van der Waals surface area contributed by atoms with E-state index in [-0.39, 0.29) is 24.4 Å². The van der Waals surface area contributed by atoms with E-state index < -0.39 is 29.3 Å². The average Bonchev–Trinajstić information content (AvgIpc) is 3.41. The number of carbonyl (C=O) groups excluding carboxylic acids is 3. The second kappa shape index (κ2) is 16.8. The molecular formula is C40H50FN5O6. The van der Waals surface area contributed by atoms with Crippen LogP contribution in [-0.4, -0.2) is 87.7 Å². The molecule has 4 aromatic rings. The molecule has 2 aromatic heterocycles. The lowest BCUT2D eigenvalue weighted by Crippen LogP contribution is -2.40. The van der Waals surface area contributed by atoms with Crippen molar-refractivity contribution in [2.24, 2.45) is 0 Å². The highest BCUT2D eigenvalue weighted by molar-refractivity contribution is 6.01. The minimum absolute atomic E-state index is 0.0162. The minimum atomic E-state index is -0.786. The second-order valence-corrected chi connectivity index (χ2v) is 14.6. The van der Waals surface area contributed by atoms with Crippen molar-refractivity contribution in [3.8, 4) is 5.88 Å².